The lowest BCUT2D eigenvalue weighted by Crippen LogP contribution is -2.43. The maximum Gasteiger partial charge on any atom is 0.471 e. The largest absolute Gasteiger partial charge is 0.471 e. The van der Waals surface area contributed by atoms with Gasteiger partial charge in [0.25, 0.3) is 0 Å². The fourth-order valence-electron chi connectivity index (χ4n) is 7.58. The molecule has 2 aliphatic rings. The van der Waals surface area contributed by atoms with Gasteiger partial charge in [-0.3, -0.25) is 9.59 Å². The van der Waals surface area contributed by atoms with Gasteiger partial charge in [-0.1, -0.05) is 48.5 Å². The molecular formula is C46H44ClF3N14O2. The van der Waals surface area contributed by atoms with E-state index < -0.39 is 12.1 Å². The zero-order valence-electron chi connectivity index (χ0n) is 36.0. The summed E-state index contributed by atoms with van der Waals surface area (Å²) in [5.74, 6) is 0.254. The highest BCUT2D eigenvalue weighted by molar-refractivity contribution is 6.28. The van der Waals surface area contributed by atoms with Crippen molar-refractivity contribution in [2.75, 3.05) is 34.8 Å². The van der Waals surface area contributed by atoms with Crippen LogP contribution in [-0.4, -0.2) is 80.4 Å². The molecule has 0 fully saturated rings. The molecule has 2 aliphatic heterocycles. The molecule has 338 valence electrons. The molecule has 0 spiro atoms. The first-order valence-corrected chi connectivity index (χ1v) is 21.1. The van der Waals surface area contributed by atoms with Crippen LogP contribution in [0, 0.1) is 0 Å². The number of aryl methyl sites for hydroxylation is 2. The second-order valence-corrected chi connectivity index (χ2v) is 15.9. The number of nitrogens with two attached hydrogens (primary N) is 1. The molecule has 2 amide bonds. The van der Waals surface area contributed by atoms with Crippen LogP contribution in [0.4, 0.5) is 53.5 Å². The van der Waals surface area contributed by atoms with E-state index in [9.17, 15) is 22.8 Å². The molecule has 0 saturated carbocycles. The number of nitrogen functional groups attached to an aromatic ring is 1. The Labute approximate surface area is 381 Å². The van der Waals surface area contributed by atoms with Crippen molar-refractivity contribution in [3.63, 3.8) is 0 Å². The molecule has 4 aromatic carbocycles. The number of para-hydroxylation sites is 2. The summed E-state index contributed by atoms with van der Waals surface area (Å²) >= 11 is 5.78. The van der Waals surface area contributed by atoms with Crippen LogP contribution in [0.3, 0.4) is 0 Å². The quantitative estimate of drug-likeness (QED) is 0.0925. The van der Waals surface area contributed by atoms with Gasteiger partial charge in [-0.05, 0) is 95.2 Å². The number of rotatable bonds is 6. The summed E-state index contributed by atoms with van der Waals surface area (Å²) in [6.45, 7) is 3.09. The maximum atomic E-state index is 12.3. The van der Waals surface area contributed by atoms with Crippen LogP contribution >= 0.6 is 11.6 Å². The van der Waals surface area contributed by atoms with Crippen molar-refractivity contribution in [1.82, 2.24) is 49.3 Å². The first-order valence-electron chi connectivity index (χ1n) is 20.8. The van der Waals surface area contributed by atoms with E-state index in [1.54, 1.807) is 46.9 Å². The van der Waals surface area contributed by atoms with Crippen molar-refractivity contribution < 1.29 is 22.8 Å². The Morgan fingerprint density at radius 2 is 1.18 bits per heavy atom. The van der Waals surface area contributed by atoms with Crippen LogP contribution in [0.1, 0.15) is 29.2 Å². The second-order valence-electron chi connectivity index (χ2n) is 15.5. The van der Waals surface area contributed by atoms with Gasteiger partial charge in [-0.25, -0.2) is 19.3 Å². The minimum absolute atomic E-state index is 0.0291. The lowest BCUT2D eigenvalue weighted by atomic mass is 9.99. The molecule has 10 rings (SSSR count). The average Bonchev–Trinajstić information content (AvgIpc) is 3.78. The molecule has 0 unspecified atom stereocenters. The van der Waals surface area contributed by atoms with E-state index in [4.69, 9.17) is 17.3 Å². The van der Waals surface area contributed by atoms with Gasteiger partial charge in [-0.15, -0.1) is 0 Å². The van der Waals surface area contributed by atoms with Gasteiger partial charge in [0.15, 0.2) is 22.9 Å². The number of carbonyl (C=O) groups excluding carboxylic acids is 2. The van der Waals surface area contributed by atoms with E-state index in [-0.39, 0.29) is 24.3 Å². The number of anilines is 7. The predicted octanol–water partition coefficient (Wildman–Crippen LogP) is 8.23. The van der Waals surface area contributed by atoms with E-state index >= 15 is 0 Å². The van der Waals surface area contributed by atoms with Gasteiger partial charge in [0.2, 0.25) is 17.1 Å². The zero-order valence-corrected chi connectivity index (χ0v) is 36.8. The molecule has 0 bridgehead atoms. The minimum atomic E-state index is -4.81. The van der Waals surface area contributed by atoms with Gasteiger partial charge < -0.3 is 31.5 Å². The van der Waals surface area contributed by atoms with Crippen molar-refractivity contribution in [3.8, 4) is 0 Å². The summed E-state index contributed by atoms with van der Waals surface area (Å²) in [6, 6.07) is 31.0. The molecule has 0 aliphatic carbocycles. The number of amides is 2. The van der Waals surface area contributed by atoms with Crippen molar-refractivity contribution in [2.45, 2.75) is 39.0 Å². The predicted molar refractivity (Wildman–Crippen MR) is 248 cm³/mol. The molecule has 5 N–H and O–H groups in total. The number of carbonyl (C=O) groups is 2. The summed E-state index contributed by atoms with van der Waals surface area (Å²) < 4.78 is 40.2. The Balaban J connectivity index is 0.000000145. The number of halogens is 4. The Morgan fingerprint density at radius 3 is 1.77 bits per heavy atom. The van der Waals surface area contributed by atoms with Crippen LogP contribution in [0.15, 0.2) is 109 Å². The van der Waals surface area contributed by atoms with Crippen LogP contribution in [-0.2, 0) is 49.6 Å². The summed E-state index contributed by atoms with van der Waals surface area (Å²) in [4.78, 5) is 42.8. The molecule has 0 atom stereocenters. The van der Waals surface area contributed by atoms with Gasteiger partial charge in [0.05, 0.1) is 10.8 Å². The first kappa shape index (κ1) is 44.8. The molecule has 66 heavy (non-hydrogen) atoms. The van der Waals surface area contributed by atoms with E-state index in [0.717, 1.165) is 68.3 Å². The molecule has 16 nitrogen and oxygen atoms in total. The molecule has 8 aromatic rings. The molecule has 4 aromatic heterocycles. The van der Waals surface area contributed by atoms with Crippen LogP contribution in [0.5, 0.6) is 0 Å². The molecule has 6 heterocycles. The summed E-state index contributed by atoms with van der Waals surface area (Å²) in [7, 11) is 3.69. The Hall–Kier alpha value is -7.80. The number of benzene rings is 4. The normalized spacial score (nSPS) is 13.1. The highest BCUT2D eigenvalue weighted by Crippen LogP contribution is 2.29. The monoisotopic (exact) mass is 916 g/mol. The lowest BCUT2D eigenvalue weighted by molar-refractivity contribution is -0.186. The fraction of sp³-hybridized carbons (Fsp3) is 0.217. The van der Waals surface area contributed by atoms with E-state index in [2.05, 4.69) is 58.2 Å². The Morgan fingerprint density at radius 1 is 0.652 bits per heavy atom. The molecule has 0 saturated heterocycles. The van der Waals surface area contributed by atoms with Crippen LogP contribution < -0.4 is 21.7 Å². The van der Waals surface area contributed by atoms with E-state index in [1.807, 2.05) is 85.7 Å². The van der Waals surface area contributed by atoms with E-state index in [1.165, 1.54) is 5.56 Å². The van der Waals surface area contributed by atoms with Crippen LogP contribution in [0.2, 0.25) is 5.28 Å². The van der Waals surface area contributed by atoms with Crippen molar-refractivity contribution in [2.24, 2.45) is 14.1 Å². The van der Waals surface area contributed by atoms with Crippen molar-refractivity contribution in [1.29, 1.82) is 0 Å². The highest BCUT2D eigenvalue weighted by atomic mass is 35.5. The van der Waals surface area contributed by atoms with E-state index in [0.29, 0.717) is 41.6 Å². The fourth-order valence-corrected chi connectivity index (χ4v) is 7.71. The molecular weight excluding hydrogens is 873 g/mol. The number of hydrogen-bond acceptors (Lipinski definition) is 12. The number of fused-ring (bicyclic) bond motifs is 4. The zero-order chi connectivity index (χ0) is 46.5. The standard InChI is InChI=1S/C23H23N7O.C12H10ClN5.C11H11F3N2O/c1-15(31)30-11-10-16-8-9-19(12-17(16)14-30)26-23-24-13-20-21(28-29(2)22(20)27-23)25-18-6-4-3-5-7-18;1-18-11-9(7-14-12(13)16-11)10(17-18)15-8-5-3-2-4-6-8;12-11(13,14)10(17)16-4-3-7-1-2-9(15)5-8(7)6-16/h3-9,12-13H,10-11,14H2,1-2H3,(H,25,28)(H,24,26,27);2-7H,1H3,(H,15,17);1-2,5H,3-4,6,15H2. The molecule has 20 heteroatoms. The van der Waals surface area contributed by atoms with Gasteiger partial charge in [0.1, 0.15) is 0 Å². The smallest absolute Gasteiger partial charge is 0.399 e. The Kier molecular flexibility index (Phi) is 13.0. The Bertz CT molecular complexity index is 3040. The van der Waals surface area contributed by atoms with Gasteiger partial charge in [0, 0.05) is 82.3 Å². The van der Waals surface area contributed by atoms with Crippen LogP contribution in [0.25, 0.3) is 22.1 Å². The van der Waals surface area contributed by atoms with Crippen molar-refractivity contribution >= 4 is 85.8 Å². The summed E-state index contributed by atoms with van der Waals surface area (Å²) in [5.41, 5.74) is 14.4. The second kappa shape index (κ2) is 19.1. The third-order valence-corrected chi connectivity index (χ3v) is 11.1. The average molecular weight is 917 g/mol. The SMILES string of the molecule is CC(=O)N1CCc2ccc(Nc3ncc4c(Nc5ccccc5)nn(C)c4n3)cc2C1.Cn1nc(Nc2ccccc2)c2cnc(Cl)nc21.Nc1ccc2c(c1)CN(C(=O)C(F)(F)F)CC2. The number of nitrogens with zero attached hydrogens (tertiary/aromatic N) is 10. The summed E-state index contributed by atoms with van der Waals surface area (Å²) in [6.07, 6.45) is -0.0547. The maximum absolute atomic E-state index is 12.3. The third-order valence-electron chi connectivity index (χ3n) is 10.9. The minimum Gasteiger partial charge on any atom is -0.399 e. The number of hydrogen-bond donors (Lipinski definition) is 4. The third kappa shape index (κ3) is 10.4. The van der Waals surface area contributed by atoms with Gasteiger partial charge in [-0.2, -0.15) is 33.3 Å². The first-order chi connectivity index (χ1) is 31.7. The molecule has 0 radical (unpaired) electrons. The number of aromatic nitrogens is 8. The van der Waals surface area contributed by atoms with Crippen molar-refractivity contribution in [3.05, 3.63) is 137 Å². The topological polar surface area (TPSA) is 190 Å². The van der Waals surface area contributed by atoms with Gasteiger partial charge >= 0.3 is 12.1 Å². The highest BCUT2D eigenvalue weighted by Gasteiger charge is 2.43. The number of alkyl halides is 3. The lowest BCUT2D eigenvalue weighted by Gasteiger charge is -2.29. The number of nitrogens with one attached hydrogen (secondary N) is 3. The summed E-state index contributed by atoms with van der Waals surface area (Å²) in [5, 5.41) is 20.7.